The average molecular weight is 432 g/mol. The monoisotopic (exact) mass is 431 g/mol. The zero-order valence-corrected chi connectivity index (χ0v) is 19.0. The Morgan fingerprint density at radius 3 is 2.38 bits per heavy atom. The van der Waals surface area contributed by atoms with E-state index in [0.717, 1.165) is 16.7 Å². The van der Waals surface area contributed by atoms with E-state index in [4.69, 9.17) is 5.73 Å². The first-order valence-corrected chi connectivity index (χ1v) is 10.9. The lowest BCUT2D eigenvalue weighted by molar-refractivity contribution is -0.125. The topological polar surface area (TPSA) is 101 Å². The summed E-state index contributed by atoms with van der Waals surface area (Å²) in [4.78, 5) is 36.7. The summed E-state index contributed by atoms with van der Waals surface area (Å²) in [6, 6.07) is 13.5. The molecular formula is C25H29N5O2. The highest BCUT2D eigenvalue weighted by Gasteiger charge is 2.31. The lowest BCUT2D eigenvalue weighted by Crippen LogP contribution is -2.41. The van der Waals surface area contributed by atoms with Gasteiger partial charge < -0.3 is 16.0 Å². The molecule has 166 valence electrons. The highest BCUT2D eigenvalue weighted by molar-refractivity contribution is 6.05. The summed E-state index contributed by atoms with van der Waals surface area (Å²) < 4.78 is 0. The molecular weight excluding hydrogens is 402 g/mol. The van der Waals surface area contributed by atoms with E-state index in [1.807, 2.05) is 50.2 Å². The molecule has 3 aromatic rings. The Bertz CT molecular complexity index is 1180. The number of anilines is 1. The van der Waals surface area contributed by atoms with Gasteiger partial charge in [0.1, 0.15) is 5.69 Å². The van der Waals surface area contributed by atoms with Gasteiger partial charge in [-0.3, -0.25) is 9.59 Å². The normalized spacial score (nSPS) is 13.5. The minimum absolute atomic E-state index is 0.0549. The summed E-state index contributed by atoms with van der Waals surface area (Å²) in [7, 11) is 0. The maximum absolute atomic E-state index is 13.5. The van der Waals surface area contributed by atoms with E-state index in [0.29, 0.717) is 36.5 Å². The second kappa shape index (κ2) is 8.22. The molecule has 0 unspecified atom stereocenters. The maximum Gasteiger partial charge on any atom is 0.273 e. The zero-order valence-electron chi connectivity index (χ0n) is 19.0. The van der Waals surface area contributed by atoms with E-state index in [-0.39, 0.29) is 23.5 Å². The fourth-order valence-electron chi connectivity index (χ4n) is 3.97. The number of fused-ring (bicyclic) bond motifs is 2. The number of hydrogen-bond donors (Lipinski definition) is 2. The Hall–Kier alpha value is -3.48. The van der Waals surface area contributed by atoms with E-state index in [1.54, 1.807) is 11.0 Å². The molecule has 0 radical (unpaired) electrons. The Balaban J connectivity index is 1.71. The van der Waals surface area contributed by atoms with Crippen LogP contribution in [-0.2, 0) is 23.3 Å². The van der Waals surface area contributed by atoms with E-state index in [1.165, 1.54) is 0 Å². The molecule has 1 aromatic heterocycles. The van der Waals surface area contributed by atoms with Gasteiger partial charge in [0.05, 0.1) is 10.9 Å². The van der Waals surface area contributed by atoms with Crippen LogP contribution in [0.3, 0.4) is 0 Å². The molecule has 0 spiro atoms. The predicted molar refractivity (Wildman–Crippen MR) is 125 cm³/mol. The number of carbonyl (C=O) groups is 2. The van der Waals surface area contributed by atoms with Gasteiger partial charge in [0.15, 0.2) is 0 Å². The van der Waals surface area contributed by atoms with Gasteiger partial charge in [-0.15, -0.1) is 0 Å². The van der Waals surface area contributed by atoms with Crippen molar-refractivity contribution in [2.45, 2.75) is 46.2 Å². The fourth-order valence-corrected chi connectivity index (χ4v) is 3.97. The Labute approximate surface area is 188 Å². The summed E-state index contributed by atoms with van der Waals surface area (Å²) in [6.45, 7) is 9.53. The van der Waals surface area contributed by atoms with Crippen molar-refractivity contribution in [2.24, 2.45) is 5.92 Å². The van der Waals surface area contributed by atoms with Crippen molar-refractivity contribution in [1.82, 2.24) is 20.2 Å². The number of nitrogen functional groups attached to an aromatic ring is 1. The largest absolute Gasteiger partial charge is 0.368 e. The van der Waals surface area contributed by atoms with Crippen molar-refractivity contribution in [1.29, 1.82) is 0 Å². The van der Waals surface area contributed by atoms with Crippen LogP contribution in [-0.4, -0.2) is 33.2 Å². The third-order valence-corrected chi connectivity index (χ3v) is 6.00. The zero-order chi connectivity index (χ0) is 23.0. The number of nitrogens with one attached hydrogen (secondary N) is 1. The standard InChI is InChI=1S/C25H29N5O2/c1-15(2)12-27-23(32)25(3,4)18-9-10-20-19(11-18)21(29-24(26)28-20)22(31)30-13-16-7-5-6-8-17(16)14-30/h5-11,15H,12-14H2,1-4H3,(H,27,32)(H2,26,28,29). The van der Waals surface area contributed by atoms with Gasteiger partial charge in [-0.2, -0.15) is 0 Å². The number of amides is 2. The highest BCUT2D eigenvalue weighted by Crippen LogP contribution is 2.30. The molecule has 7 nitrogen and oxygen atoms in total. The van der Waals surface area contributed by atoms with Crippen LogP contribution in [0.1, 0.15) is 54.9 Å². The predicted octanol–water partition coefficient (Wildman–Crippen LogP) is 3.42. The van der Waals surface area contributed by atoms with Crippen molar-refractivity contribution >= 4 is 28.7 Å². The smallest absolute Gasteiger partial charge is 0.273 e. The molecule has 2 heterocycles. The van der Waals surface area contributed by atoms with Gasteiger partial charge in [-0.05, 0) is 48.6 Å². The fraction of sp³-hybridized carbons (Fsp3) is 0.360. The van der Waals surface area contributed by atoms with Crippen molar-refractivity contribution in [2.75, 3.05) is 12.3 Å². The second-order valence-corrected chi connectivity index (χ2v) is 9.32. The molecule has 0 aliphatic carbocycles. The molecule has 0 saturated heterocycles. The van der Waals surface area contributed by atoms with E-state index in [9.17, 15) is 9.59 Å². The lowest BCUT2D eigenvalue weighted by atomic mass is 9.82. The molecule has 0 saturated carbocycles. The number of hydrogen-bond acceptors (Lipinski definition) is 5. The van der Waals surface area contributed by atoms with Crippen LogP contribution in [0, 0.1) is 5.92 Å². The molecule has 7 heteroatoms. The summed E-state index contributed by atoms with van der Waals surface area (Å²) in [5, 5.41) is 3.60. The van der Waals surface area contributed by atoms with Crippen LogP contribution in [0.4, 0.5) is 5.95 Å². The Morgan fingerprint density at radius 2 is 1.75 bits per heavy atom. The Morgan fingerprint density at radius 1 is 1.09 bits per heavy atom. The van der Waals surface area contributed by atoms with Gasteiger partial charge in [0.25, 0.3) is 5.91 Å². The molecule has 32 heavy (non-hydrogen) atoms. The van der Waals surface area contributed by atoms with Gasteiger partial charge >= 0.3 is 0 Å². The van der Waals surface area contributed by atoms with E-state index in [2.05, 4.69) is 29.1 Å². The number of nitrogens with two attached hydrogens (primary N) is 1. The quantitative estimate of drug-likeness (QED) is 0.645. The number of nitrogens with zero attached hydrogens (tertiary/aromatic N) is 3. The SMILES string of the molecule is CC(C)CNC(=O)C(C)(C)c1ccc2nc(N)nc(C(=O)N3Cc4ccccc4C3)c2c1. The van der Waals surface area contributed by atoms with Gasteiger partial charge in [0, 0.05) is 25.0 Å². The summed E-state index contributed by atoms with van der Waals surface area (Å²) in [5.41, 5.74) is 9.05. The molecule has 2 amide bonds. The van der Waals surface area contributed by atoms with E-state index >= 15 is 0 Å². The highest BCUT2D eigenvalue weighted by atomic mass is 16.2. The van der Waals surface area contributed by atoms with Crippen LogP contribution in [0.15, 0.2) is 42.5 Å². The summed E-state index contributed by atoms with van der Waals surface area (Å²) in [6.07, 6.45) is 0. The van der Waals surface area contributed by atoms with Gasteiger partial charge in [-0.1, -0.05) is 44.2 Å². The van der Waals surface area contributed by atoms with Crippen molar-refractivity contribution < 1.29 is 9.59 Å². The third kappa shape index (κ3) is 4.02. The first kappa shape index (κ1) is 21.7. The number of benzene rings is 2. The van der Waals surface area contributed by atoms with Crippen molar-refractivity contribution in [3.05, 3.63) is 64.8 Å². The van der Waals surface area contributed by atoms with E-state index < -0.39 is 5.41 Å². The third-order valence-electron chi connectivity index (χ3n) is 6.00. The Kier molecular flexibility index (Phi) is 5.59. The summed E-state index contributed by atoms with van der Waals surface area (Å²) >= 11 is 0. The minimum Gasteiger partial charge on any atom is -0.368 e. The maximum atomic E-state index is 13.5. The first-order valence-electron chi connectivity index (χ1n) is 10.9. The van der Waals surface area contributed by atoms with Crippen molar-refractivity contribution in [3.8, 4) is 0 Å². The summed E-state index contributed by atoms with van der Waals surface area (Å²) in [5.74, 6) is 0.153. The van der Waals surface area contributed by atoms with Crippen LogP contribution < -0.4 is 11.1 Å². The molecule has 3 N–H and O–H groups in total. The van der Waals surface area contributed by atoms with Crippen molar-refractivity contribution in [3.63, 3.8) is 0 Å². The van der Waals surface area contributed by atoms with Crippen LogP contribution in [0.25, 0.3) is 10.9 Å². The molecule has 0 atom stereocenters. The molecule has 2 aromatic carbocycles. The lowest BCUT2D eigenvalue weighted by Gasteiger charge is -2.25. The second-order valence-electron chi connectivity index (χ2n) is 9.32. The van der Waals surface area contributed by atoms with Gasteiger partial charge in [-0.25, -0.2) is 9.97 Å². The minimum atomic E-state index is -0.783. The molecule has 0 fully saturated rings. The number of rotatable bonds is 5. The van der Waals surface area contributed by atoms with Crippen LogP contribution >= 0.6 is 0 Å². The molecule has 1 aliphatic heterocycles. The number of aromatic nitrogens is 2. The number of carbonyl (C=O) groups excluding carboxylic acids is 2. The first-order chi connectivity index (χ1) is 15.2. The molecule has 4 rings (SSSR count). The molecule has 0 bridgehead atoms. The molecule has 1 aliphatic rings. The average Bonchev–Trinajstić information content (AvgIpc) is 3.20. The van der Waals surface area contributed by atoms with Gasteiger partial charge in [0.2, 0.25) is 11.9 Å². The van der Waals surface area contributed by atoms with Crippen LogP contribution in [0.5, 0.6) is 0 Å². The van der Waals surface area contributed by atoms with Crippen LogP contribution in [0.2, 0.25) is 0 Å².